The molecule has 1 heterocycles. The molecule has 1 rings (SSSR count). The van der Waals surface area contributed by atoms with Crippen molar-refractivity contribution < 1.29 is 9.53 Å². The van der Waals surface area contributed by atoms with Crippen LogP contribution in [0.15, 0.2) is 30.5 Å². The normalized spacial score (nSPS) is 10.8. The van der Waals surface area contributed by atoms with Crippen molar-refractivity contribution >= 4 is 11.6 Å². The number of hydrogen-bond acceptors (Lipinski definition) is 3. The molecule has 0 aliphatic heterocycles. The molecule has 1 amide bonds. The lowest BCUT2D eigenvalue weighted by Gasteiger charge is -2.05. The molecule has 0 unspecified atom stereocenters. The molecule has 1 aromatic heterocycles. The Morgan fingerprint density at radius 3 is 2.76 bits per heavy atom. The predicted octanol–water partition coefficient (Wildman–Crippen LogP) is 4.34. The van der Waals surface area contributed by atoms with Gasteiger partial charge in [-0.15, -0.1) is 0 Å². The summed E-state index contributed by atoms with van der Waals surface area (Å²) in [6.07, 6.45) is 11.9. The number of anilines is 1. The number of unbranched alkanes of at least 4 members (excludes halogenated alkanes) is 4. The van der Waals surface area contributed by atoms with E-state index in [0.717, 1.165) is 19.3 Å². The molecule has 116 valence electrons. The second-order valence-corrected chi connectivity index (χ2v) is 4.97. The smallest absolute Gasteiger partial charge is 0.248 e. The first kappa shape index (κ1) is 17.2. The van der Waals surface area contributed by atoms with E-state index in [-0.39, 0.29) is 5.91 Å². The number of rotatable bonds is 10. The van der Waals surface area contributed by atoms with Crippen LogP contribution in [-0.2, 0) is 4.79 Å². The Hall–Kier alpha value is -1.84. The third-order valence-corrected chi connectivity index (χ3v) is 2.95. The number of amides is 1. The standard InChI is InChI=1S/C17H26N2O2/c1-3-5-6-7-8-9-10-16(20)19-15-11-12-17(18-14-15)21-13-4-2/h9-12,14H,3-8,13H2,1-2H3,(H,19,20). The highest BCUT2D eigenvalue weighted by molar-refractivity contribution is 5.99. The summed E-state index contributed by atoms with van der Waals surface area (Å²) in [5.41, 5.74) is 0.680. The summed E-state index contributed by atoms with van der Waals surface area (Å²) in [4.78, 5) is 15.8. The number of nitrogens with one attached hydrogen (secondary N) is 1. The topological polar surface area (TPSA) is 51.2 Å². The summed E-state index contributed by atoms with van der Waals surface area (Å²) in [7, 11) is 0. The first-order valence-corrected chi connectivity index (χ1v) is 7.82. The van der Waals surface area contributed by atoms with Gasteiger partial charge in [0.15, 0.2) is 0 Å². The quantitative estimate of drug-likeness (QED) is 0.515. The van der Waals surface area contributed by atoms with Gasteiger partial charge in [0.05, 0.1) is 18.5 Å². The van der Waals surface area contributed by atoms with Gasteiger partial charge in [0.25, 0.3) is 0 Å². The third kappa shape index (κ3) is 8.12. The van der Waals surface area contributed by atoms with Gasteiger partial charge in [-0.3, -0.25) is 4.79 Å². The molecule has 0 radical (unpaired) electrons. The summed E-state index contributed by atoms with van der Waals surface area (Å²) >= 11 is 0. The molecule has 0 fully saturated rings. The van der Waals surface area contributed by atoms with E-state index >= 15 is 0 Å². The van der Waals surface area contributed by atoms with Crippen LogP contribution in [0.25, 0.3) is 0 Å². The SMILES string of the molecule is CCCCCCC=CC(=O)Nc1ccc(OCCC)nc1. The van der Waals surface area contributed by atoms with E-state index in [1.165, 1.54) is 19.3 Å². The highest BCUT2D eigenvalue weighted by atomic mass is 16.5. The van der Waals surface area contributed by atoms with Crippen LogP contribution in [0.4, 0.5) is 5.69 Å². The van der Waals surface area contributed by atoms with Gasteiger partial charge < -0.3 is 10.1 Å². The fraction of sp³-hybridized carbons (Fsp3) is 0.529. The number of nitrogens with zero attached hydrogens (tertiary/aromatic N) is 1. The van der Waals surface area contributed by atoms with E-state index in [1.807, 2.05) is 13.0 Å². The van der Waals surface area contributed by atoms with Crippen LogP contribution >= 0.6 is 0 Å². The first-order valence-electron chi connectivity index (χ1n) is 7.82. The molecule has 0 atom stereocenters. The van der Waals surface area contributed by atoms with Crippen LogP contribution < -0.4 is 10.1 Å². The largest absolute Gasteiger partial charge is 0.478 e. The predicted molar refractivity (Wildman–Crippen MR) is 86.6 cm³/mol. The van der Waals surface area contributed by atoms with Gasteiger partial charge in [-0.05, 0) is 31.4 Å². The molecular weight excluding hydrogens is 264 g/mol. The van der Waals surface area contributed by atoms with Crippen LogP contribution in [0.1, 0.15) is 52.4 Å². The highest BCUT2D eigenvalue weighted by Gasteiger charge is 1.99. The average molecular weight is 290 g/mol. The lowest BCUT2D eigenvalue weighted by molar-refractivity contribution is -0.111. The minimum atomic E-state index is -0.116. The Balaban J connectivity index is 2.28. The van der Waals surface area contributed by atoms with E-state index in [1.54, 1.807) is 24.4 Å². The van der Waals surface area contributed by atoms with E-state index in [0.29, 0.717) is 18.2 Å². The van der Waals surface area contributed by atoms with Gasteiger partial charge in [-0.2, -0.15) is 0 Å². The Morgan fingerprint density at radius 2 is 2.10 bits per heavy atom. The summed E-state index contributed by atoms with van der Waals surface area (Å²) in [6, 6.07) is 3.56. The van der Waals surface area contributed by atoms with Crippen molar-refractivity contribution in [2.75, 3.05) is 11.9 Å². The minimum absolute atomic E-state index is 0.116. The number of hydrogen-bond donors (Lipinski definition) is 1. The fourth-order valence-corrected chi connectivity index (χ4v) is 1.81. The van der Waals surface area contributed by atoms with E-state index < -0.39 is 0 Å². The highest BCUT2D eigenvalue weighted by Crippen LogP contribution is 2.12. The van der Waals surface area contributed by atoms with Crippen molar-refractivity contribution in [1.82, 2.24) is 4.98 Å². The number of allylic oxidation sites excluding steroid dienone is 1. The van der Waals surface area contributed by atoms with E-state index in [2.05, 4.69) is 17.2 Å². The maximum atomic E-state index is 11.7. The van der Waals surface area contributed by atoms with Crippen LogP contribution in [0.3, 0.4) is 0 Å². The van der Waals surface area contributed by atoms with Crippen molar-refractivity contribution in [3.63, 3.8) is 0 Å². The van der Waals surface area contributed by atoms with Crippen LogP contribution in [0.2, 0.25) is 0 Å². The van der Waals surface area contributed by atoms with Crippen LogP contribution in [0.5, 0.6) is 5.88 Å². The molecule has 4 nitrogen and oxygen atoms in total. The maximum Gasteiger partial charge on any atom is 0.248 e. The monoisotopic (exact) mass is 290 g/mol. The first-order chi connectivity index (χ1) is 10.3. The van der Waals surface area contributed by atoms with Crippen molar-refractivity contribution in [2.24, 2.45) is 0 Å². The number of aromatic nitrogens is 1. The molecule has 0 spiro atoms. The average Bonchev–Trinajstić information content (AvgIpc) is 2.50. The lowest BCUT2D eigenvalue weighted by Crippen LogP contribution is -2.08. The van der Waals surface area contributed by atoms with Gasteiger partial charge in [-0.1, -0.05) is 39.2 Å². The lowest BCUT2D eigenvalue weighted by atomic mass is 10.1. The molecule has 0 bridgehead atoms. The number of pyridine rings is 1. The molecule has 0 aliphatic carbocycles. The molecule has 0 aromatic carbocycles. The Kier molecular flexibility index (Phi) is 8.93. The van der Waals surface area contributed by atoms with E-state index in [9.17, 15) is 4.79 Å². The minimum Gasteiger partial charge on any atom is -0.478 e. The van der Waals surface area contributed by atoms with Crippen molar-refractivity contribution in [1.29, 1.82) is 0 Å². The molecule has 0 aliphatic rings. The van der Waals surface area contributed by atoms with Crippen LogP contribution in [-0.4, -0.2) is 17.5 Å². The summed E-state index contributed by atoms with van der Waals surface area (Å²) < 4.78 is 5.39. The molecule has 21 heavy (non-hydrogen) atoms. The molecular formula is C17H26N2O2. The number of ether oxygens (including phenoxy) is 1. The van der Waals surface area contributed by atoms with Crippen molar-refractivity contribution in [3.05, 3.63) is 30.5 Å². The van der Waals surface area contributed by atoms with Gasteiger partial charge in [-0.25, -0.2) is 4.98 Å². The molecule has 1 N–H and O–H groups in total. The second kappa shape index (κ2) is 10.9. The van der Waals surface area contributed by atoms with Crippen molar-refractivity contribution in [3.8, 4) is 5.88 Å². The van der Waals surface area contributed by atoms with Crippen LogP contribution in [0, 0.1) is 0 Å². The van der Waals surface area contributed by atoms with Crippen molar-refractivity contribution in [2.45, 2.75) is 52.4 Å². The fourth-order valence-electron chi connectivity index (χ4n) is 1.81. The summed E-state index contributed by atoms with van der Waals surface area (Å²) in [6.45, 7) is 4.89. The summed E-state index contributed by atoms with van der Waals surface area (Å²) in [5, 5.41) is 2.78. The van der Waals surface area contributed by atoms with Gasteiger partial charge in [0.1, 0.15) is 0 Å². The zero-order valence-electron chi connectivity index (χ0n) is 13.1. The summed E-state index contributed by atoms with van der Waals surface area (Å²) in [5.74, 6) is 0.468. The molecule has 0 saturated carbocycles. The Labute approximate surface area is 127 Å². The molecule has 1 aromatic rings. The maximum absolute atomic E-state index is 11.7. The van der Waals surface area contributed by atoms with Gasteiger partial charge in [0, 0.05) is 6.07 Å². The zero-order valence-corrected chi connectivity index (χ0v) is 13.1. The van der Waals surface area contributed by atoms with E-state index in [4.69, 9.17) is 4.74 Å². The molecule has 0 saturated heterocycles. The number of carbonyl (C=O) groups is 1. The van der Waals surface area contributed by atoms with Gasteiger partial charge in [0.2, 0.25) is 11.8 Å². The van der Waals surface area contributed by atoms with Gasteiger partial charge >= 0.3 is 0 Å². The Morgan fingerprint density at radius 1 is 1.24 bits per heavy atom. The zero-order chi connectivity index (χ0) is 15.3. The third-order valence-electron chi connectivity index (χ3n) is 2.95. The number of carbonyl (C=O) groups excluding carboxylic acids is 1. The Bertz CT molecular complexity index is 427. The second-order valence-electron chi connectivity index (χ2n) is 4.97. The molecule has 4 heteroatoms.